The zero-order chi connectivity index (χ0) is 25.7. The highest BCUT2D eigenvalue weighted by molar-refractivity contribution is 5.71. The van der Waals surface area contributed by atoms with E-state index in [0.717, 1.165) is 36.1 Å². The number of para-hydroxylation sites is 1. The molecule has 1 fully saturated rings. The minimum atomic E-state index is -0.906. The maximum Gasteiger partial charge on any atom is 0.307 e. The van der Waals surface area contributed by atoms with Crippen LogP contribution >= 0.6 is 0 Å². The van der Waals surface area contributed by atoms with Gasteiger partial charge in [0.2, 0.25) is 0 Å². The van der Waals surface area contributed by atoms with Crippen LogP contribution in [0.15, 0.2) is 60.7 Å². The molecule has 6 heteroatoms. The van der Waals surface area contributed by atoms with Gasteiger partial charge in [0.15, 0.2) is 0 Å². The van der Waals surface area contributed by atoms with Crippen LogP contribution in [0.4, 0.5) is 4.39 Å². The van der Waals surface area contributed by atoms with Gasteiger partial charge < -0.3 is 20.5 Å². The molecule has 3 aromatic carbocycles. The van der Waals surface area contributed by atoms with Crippen molar-refractivity contribution in [1.82, 2.24) is 4.90 Å². The van der Waals surface area contributed by atoms with Gasteiger partial charge in [-0.1, -0.05) is 48.5 Å². The summed E-state index contributed by atoms with van der Waals surface area (Å²) in [6, 6.07) is 18.8. The van der Waals surface area contributed by atoms with E-state index in [-0.39, 0.29) is 18.8 Å². The molecule has 2 unspecified atom stereocenters. The van der Waals surface area contributed by atoms with E-state index in [1.165, 1.54) is 12.8 Å². The van der Waals surface area contributed by atoms with Crippen molar-refractivity contribution >= 4 is 5.97 Å². The average molecular weight is 491 g/mol. The Kier molecular flexibility index (Phi) is 8.39. The molecule has 0 bridgehead atoms. The summed E-state index contributed by atoms with van der Waals surface area (Å²) in [6.07, 6.45) is 4.26. The number of nitrogens with zero attached hydrogens (tertiary/aromatic N) is 1. The molecule has 1 aliphatic heterocycles. The van der Waals surface area contributed by atoms with Gasteiger partial charge in [0, 0.05) is 28.8 Å². The minimum Gasteiger partial charge on any atom is -0.489 e. The SMILES string of the molecule is CC(N)c1cccc(-c2cc(CCC3CCCN3C)cc(COc3ccccc3CC(=O)O)c2)c1F. The van der Waals surface area contributed by atoms with Gasteiger partial charge in [-0.25, -0.2) is 4.39 Å². The number of carboxylic acid groups (broad SMARTS) is 1. The van der Waals surface area contributed by atoms with Crippen molar-refractivity contribution in [1.29, 1.82) is 0 Å². The molecule has 36 heavy (non-hydrogen) atoms. The van der Waals surface area contributed by atoms with Gasteiger partial charge in [0.25, 0.3) is 0 Å². The molecule has 0 amide bonds. The summed E-state index contributed by atoms with van der Waals surface area (Å²) in [5, 5.41) is 9.23. The van der Waals surface area contributed by atoms with Crippen molar-refractivity contribution in [3.8, 4) is 16.9 Å². The third-order valence-corrected chi connectivity index (χ3v) is 7.03. The van der Waals surface area contributed by atoms with Gasteiger partial charge in [0.05, 0.1) is 6.42 Å². The highest BCUT2D eigenvalue weighted by Crippen LogP contribution is 2.31. The van der Waals surface area contributed by atoms with E-state index in [1.807, 2.05) is 18.2 Å². The van der Waals surface area contributed by atoms with Crippen molar-refractivity contribution in [3.63, 3.8) is 0 Å². The van der Waals surface area contributed by atoms with Gasteiger partial charge in [-0.05, 0) is 75.0 Å². The molecule has 5 nitrogen and oxygen atoms in total. The lowest BCUT2D eigenvalue weighted by molar-refractivity contribution is -0.136. The first-order valence-corrected chi connectivity index (χ1v) is 12.6. The van der Waals surface area contributed by atoms with Gasteiger partial charge in [-0.3, -0.25) is 4.79 Å². The Labute approximate surface area is 212 Å². The second kappa shape index (κ2) is 11.7. The molecule has 0 saturated carbocycles. The van der Waals surface area contributed by atoms with Gasteiger partial charge in [0.1, 0.15) is 18.2 Å². The van der Waals surface area contributed by atoms with Crippen LogP contribution in [-0.2, 0) is 24.2 Å². The van der Waals surface area contributed by atoms with Crippen LogP contribution in [0.25, 0.3) is 11.1 Å². The van der Waals surface area contributed by atoms with E-state index in [9.17, 15) is 9.90 Å². The van der Waals surface area contributed by atoms with Crippen LogP contribution in [0.3, 0.4) is 0 Å². The van der Waals surface area contributed by atoms with Crippen LogP contribution in [0.1, 0.15) is 54.5 Å². The molecular weight excluding hydrogens is 455 g/mol. The number of ether oxygens (including phenoxy) is 1. The molecule has 4 rings (SSSR count). The Balaban J connectivity index is 1.63. The Hall–Kier alpha value is -3.22. The Morgan fingerprint density at radius 2 is 1.94 bits per heavy atom. The summed E-state index contributed by atoms with van der Waals surface area (Å²) in [7, 11) is 2.18. The summed E-state index contributed by atoms with van der Waals surface area (Å²) in [4.78, 5) is 13.7. The third kappa shape index (κ3) is 6.31. The number of aryl methyl sites for hydroxylation is 1. The maximum atomic E-state index is 15.4. The molecule has 0 aliphatic carbocycles. The summed E-state index contributed by atoms with van der Waals surface area (Å²) in [6.45, 7) is 3.18. The van der Waals surface area contributed by atoms with E-state index in [2.05, 4.69) is 24.1 Å². The van der Waals surface area contributed by atoms with Crippen LogP contribution in [0, 0.1) is 5.82 Å². The Bertz CT molecular complexity index is 1210. The molecular formula is C30H35FN2O3. The lowest BCUT2D eigenvalue weighted by Gasteiger charge is -2.20. The second-order valence-electron chi connectivity index (χ2n) is 9.82. The molecule has 0 aromatic heterocycles. The predicted molar refractivity (Wildman–Crippen MR) is 141 cm³/mol. The number of hydrogen-bond acceptors (Lipinski definition) is 4. The lowest BCUT2D eigenvalue weighted by atomic mass is 9.94. The monoisotopic (exact) mass is 490 g/mol. The summed E-state index contributed by atoms with van der Waals surface area (Å²) in [5.74, 6) is -0.653. The first-order chi connectivity index (χ1) is 17.3. The highest BCUT2D eigenvalue weighted by atomic mass is 19.1. The number of hydrogen-bond donors (Lipinski definition) is 2. The van der Waals surface area contributed by atoms with Crippen LogP contribution in [-0.4, -0.2) is 35.6 Å². The standard InChI is InChI=1S/C30H35FN2O3/c1-20(32)26-9-5-10-27(30(26)31)24-16-21(12-13-25-8-6-14-33(25)2)15-22(17-24)19-36-28-11-4-3-7-23(28)18-29(34)35/h3-5,7,9-11,15-17,20,25H,6,8,12-14,18-19,32H2,1-2H3,(H,34,35). The fourth-order valence-electron chi connectivity index (χ4n) is 5.06. The van der Waals surface area contributed by atoms with Crippen molar-refractivity contribution in [3.05, 3.63) is 88.7 Å². The minimum absolute atomic E-state index is 0.106. The van der Waals surface area contributed by atoms with Crippen LogP contribution in [0.5, 0.6) is 5.75 Å². The molecule has 0 spiro atoms. The normalized spacial score (nSPS) is 16.7. The molecule has 0 radical (unpaired) electrons. The number of nitrogens with two attached hydrogens (primary N) is 1. The first-order valence-electron chi connectivity index (χ1n) is 12.6. The molecule has 190 valence electrons. The lowest BCUT2D eigenvalue weighted by Crippen LogP contribution is -2.25. The molecule has 2 atom stereocenters. The summed E-state index contributed by atoms with van der Waals surface area (Å²) >= 11 is 0. The number of likely N-dealkylation sites (tertiary alicyclic amines) is 1. The molecule has 3 N–H and O–H groups in total. The predicted octanol–water partition coefficient (Wildman–Crippen LogP) is 5.75. The number of halogens is 1. The molecule has 1 aliphatic rings. The van der Waals surface area contributed by atoms with Crippen LogP contribution < -0.4 is 10.5 Å². The van der Waals surface area contributed by atoms with Gasteiger partial charge in [-0.2, -0.15) is 0 Å². The number of carbonyl (C=O) groups is 1. The first kappa shape index (κ1) is 25.9. The van der Waals surface area contributed by atoms with E-state index >= 15 is 4.39 Å². The molecule has 3 aromatic rings. The number of aliphatic carboxylic acids is 1. The Morgan fingerprint density at radius 3 is 2.67 bits per heavy atom. The fraction of sp³-hybridized carbons (Fsp3) is 0.367. The van der Waals surface area contributed by atoms with Gasteiger partial charge in [-0.15, -0.1) is 0 Å². The molecule has 1 saturated heterocycles. The molecule has 1 heterocycles. The van der Waals surface area contributed by atoms with E-state index in [1.54, 1.807) is 37.3 Å². The number of benzene rings is 3. The highest BCUT2D eigenvalue weighted by Gasteiger charge is 2.21. The summed E-state index contributed by atoms with van der Waals surface area (Å²) < 4.78 is 21.5. The van der Waals surface area contributed by atoms with Crippen molar-refractivity contribution in [2.24, 2.45) is 5.73 Å². The van der Waals surface area contributed by atoms with Crippen molar-refractivity contribution < 1.29 is 19.0 Å². The van der Waals surface area contributed by atoms with Gasteiger partial charge >= 0.3 is 5.97 Å². The topological polar surface area (TPSA) is 75.8 Å². The summed E-state index contributed by atoms with van der Waals surface area (Å²) in [5.41, 5.74) is 10.5. The zero-order valence-corrected chi connectivity index (χ0v) is 21.0. The third-order valence-electron chi connectivity index (χ3n) is 7.03. The van der Waals surface area contributed by atoms with Crippen molar-refractivity contribution in [2.45, 2.75) is 57.7 Å². The second-order valence-corrected chi connectivity index (χ2v) is 9.82. The maximum absolute atomic E-state index is 15.4. The van der Waals surface area contributed by atoms with Crippen LogP contribution in [0.2, 0.25) is 0 Å². The smallest absolute Gasteiger partial charge is 0.307 e. The number of rotatable bonds is 10. The fourth-order valence-corrected chi connectivity index (χ4v) is 5.06. The van der Waals surface area contributed by atoms with E-state index < -0.39 is 12.0 Å². The average Bonchev–Trinajstić information content (AvgIpc) is 3.26. The van der Waals surface area contributed by atoms with E-state index in [0.29, 0.717) is 28.5 Å². The number of carboxylic acids is 1. The zero-order valence-electron chi connectivity index (χ0n) is 21.0. The Morgan fingerprint density at radius 1 is 1.17 bits per heavy atom. The largest absolute Gasteiger partial charge is 0.489 e. The van der Waals surface area contributed by atoms with E-state index in [4.69, 9.17) is 10.5 Å². The quantitative estimate of drug-likeness (QED) is 0.379. The van der Waals surface area contributed by atoms with Crippen molar-refractivity contribution in [2.75, 3.05) is 13.6 Å².